The lowest BCUT2D eigenvalue weighted by Crippen LogP contribution is -2.34. The van der Waals surface area contributed by atoms with Gasteiger partial charge in [0.15, 0.2) is 0 Å². The first-order valence-corrected chi connectivity index (χ1v) is 8.77. The summed E-state index contributed by atoms with van der Waals surface area (Å²) in [7, 11) is -2.02. The van der Waals surface area contributed by atoms with Gasteiger partial charge in [0, 0.05) is 12.4 Å². The van der Waals surface area contributed by atoms with E-state index in [9.17, 15) is 0 Å². The molecule has 1 aromatic heterocycles. The monoisotopic (exact) mass is 251 g/mol. The Hall–Kier alpha value is -0.973. The second-order valence-corrected chi connectivity index (χ2v) is 7.62. The molecule has 0 aliphatic rings. The fourth-order valence-corrected chi connectivity index (χ4v) is 2.36. The first kappa shape index (κ1) is 14.1. The minimum absolute atomic E-state index is 0.574. The summed E-state index contributed by atoms with van der Waals surface area (Å²) in [5.41, 5.74) is 1.08. The molecule has 3 nitrogen and oxygen atoms in total. The maximum Gasteiger partial charge on any atom is 0.332 e. The first-order chi connectivity index (χ1) is 8.14. The smallest absolute Gasteiger partial charge is 0.332 e. The molecule has 94 valence electrons. The Labute approximate surface area is 105 Å². The van der Waals surface area contributed by atoms with E-state index >= 15 is 0 Å². The van der Waals surface area contributed by atoms with Crippen LogP contribution in [0.1, 0.15) is 18.9 Å². The van der Waals surface area contributed by atoms with Crippen LogP contribution in [-0.4, -0.2) is 20.2 Å². The molecule has 1 rings (SSSR count). The Kier molecular flexibility index (Phi) is 6.11. The molecule has 0 atom stereocenters. The van der Waals surface area contributed by atoms with E-state index in [0.717, 1.165) is 12.0 Å². The van der Waals surface area contributed by atoms with Gasteiger partial charge in [-0.3, -0.25) is 4.98 Å². The summed E-state index contributed by atoms with van der Waals surface area (Å²) in [6.45, 7) is 7.44. The lowest BCUT2D eigenvalue weighted by molar-refractivity contribution is 0.186. The molecule has 4 heteroatoms. The number of hydrogen-bond donors (Lipinski definition) is 0. The van der Waals surface area contributed by atoms with E-state index in [1.807, 2.05) is 24.4 Å². The van der Waals surface area contributed by atoms with E-state index in [0.29, 0.717) is 13.2 Å². The van der Waals surface area contributed by atoms with Crippen LogP contribution in [0.5, 0.6) is 0 Å². The fourth-order valence-electron chi connectivity index (χ4n) is 1.27. The van der Waals surface area contributed by atoms with Crippen LogP contribution in [0, 0.1) is 0 Å². The summed E-state index contributed by atoms with van der Waals surface area (Å²) in [4.78, 5) is 4.06. The standard InChI is InChI=1S/C13H21NO2Si/c1-4-5-6-10-15-17(2,3)16-12-13-8-7-9-14-11-13/h5-9,11H,4,10,12H2,1-3H3/b6-5-. The molecule has 0 saturated heterocycles. The predicted octanol–water partition coefficient (Wildman–Crippen LogP) is 3.28. The second kappa shape index (κ2) is 7.37. The van der Waals surface area contributed by atoms with Crippen molar-refractivity contribution in [1.82, 2.24) is 4.98 Å². The van der Waals surface area contributed by atoms with Crippen molar-refractivity contribution in [3.63, 3.8) is 0 Å². The van der Waals surface area contributed by atoms with Gasteiger partial charge in [0.1, 0.15) is 0 Å². The lowest BCUT2D eigenvalue weighted by Gasteiger charge is -2.22. The summed E-state index contributed by atoms with van der Waals surface area (Å²) in [5.74, 6) is 0. The molecule has 0 bridgehead atoms. The first-order valence-electron chi connectivity index (χ1n) is 5.96. The van der Waals surface area contributed by atoms with Crippen molar-refractivity contribution in [1.29, 1.82) is 0 Å². The molecule has 0 aliphatic heterocycles. The highest BCUT2D eigenvalue weighted by Crippen LogP contribution is 2.10. The molecule has 1 heterocycles. The molecular formula is C13H21NO2Si. The highest BCUT2D eigenvalue weighted by atomic mass is 28.4. The van der Waals surface area contributed by atoms with Crippen LogP contribution in [0.4, 0.5) is 0 Å². The number of aromatic nitrogens is 1. The number of allylic oxidation sites excluding steroid dienone is 1. The van der Waals surface area contributed by atoms with Gasteiger partial charge < -0.3 is 8.85 Å². The van der Waals surface area contributed by atoms with Crippen LogP contribution in [0.25, 0.3) is 0 Å². The molecule has 1 aromatic rings. The van der Waals surface area contributed by atoms with Gasteiger partial charge in [-0.15, -0.1) is 0 Å². The number of nitrogens with zero attached hydrogens (tertiary/aromatic N) is 1. The zero-order valence-electron chi connectivity index (χ0n) is 10.8. The van der Waals surface area contributed by atoms with E-state index in [1.165, 1.54) is 0 Å². The minimum atomic E-state index is -2.02. The fraction of sp³-hybridized carbons (Fsp3) is 0.462. The van der Waals surface area contributed by atoms with Gasteiger partial charge in [-0.1, -0.05) is 25.1 Å². The molecule has 0 amide bonds. The molecule has 0 spiro atoms. The summed E-state index contributed by atoms with van der Waals surface area (Å²) in [6, 6.07) is 3.92. The van der Waals surface area contributed by atoms with Gasteiger partial charge in [-0.25, -0.2) is 0 Å². The van der Waals surface area contributed by atoms with Gasteiger partial charge in [-0.05, 0) is 31.1 Å². The van der Waals surface area contributed by atoms with E-state index in [2.05, 4.69) is 31.1 Å². The van der Waals surface area contributed by atoms with Crippen LogP contribution in [0.2, 0.25) is 13.1 Å². The SMILES string of the molecule is CC/C=C\CO[Si](C)(C)OCc1cccnc1. The van der Waals surface area contributed by atoms with Crippen LogP contribution >= 0.6 is 0 Å². The Balaban J connectivity index is 2.31. The molecule has 0 unspecified atom stereocenters. The highest BCUT2D eigenvalue weighted by Gasteiger charge is 2.23. The molecule has 17 heavy (non-hydrogen) atoms. The average molecular weight is 251 g/mol. The van der Waals surface area contributed by atoms with Crippen molar-refractivity contribution in [3.8, 4) is 0 Å². The molecule has 0 N–H and O–H groups in total. The molecule has 0 aromatic carbocycles. The van der Waals surface area contributed by atoms with Gasteiger partial charge in [0.25, 0.3) is 0 Å². The van der Waals surface area contributed by atoms with Crippen LogP contribution in [-0.2, 0) is 15.5 Å². The average Bonchev–Trinajstić information content (AvgIpc) is 2.34. The number of hydrogen-bond acceptors (Lipinski definition) is 3. The van der Waals surface area contributed by atoms with E-state index in [4.69, 9.17) is 8.85 Å². The Morgan fingerprint density at radius 3 is 2.76 bits per heavy atom. The molecule has 0 radical (unpaired) electrons. The van der Waals surface area contributed by atoms with Crippen molar-refractivity contribution in [2.24, 2.45) is 0 Å². The number of rotatable bonds is 7. The lowest BCUT2D eigenvalue weighted by atomic mass is 10.3. The maximum absolute atomic E-state index is 5.84. The molecule has 0 aliphatic carbocycles. The van der Waals surface area contributed by atoms with Gasteiger partial charge in [0.2, 0.25) is 0 Å². The molecular weight excluding hydrogens is 230 g/mol. The summed E-state index contributed by atoms with van der Waals surface area (Å²) in [5, 5.41) is 0. The topological polar surface area (TPSA) is 31.4 Å². The van der Waals surface area contributed by atoms with Crippen molar-refractivity contribution in [2.75, 3.05) is 6.61 Å². The van der Waals surface area contributed by atoms with Crippen molar-refractivity contribution in [2.45, 2.75) is 33.0 Å². The third-order valence-corrected chi connectivity index (χ3v) is 3.94. The minimum Gasteiger partial charge on any atom is -0.391 e. The van der Waals surface area contributed by atoms with Crippen LogP contribution in [0.3, 0.4) is 0 Å². The summed E-state index contributed by atoms with van der Waals surface area (Å²) < 4.78 is 11.6. The van der Waals surface area contributed by atoms with Crippen LogP contribution in [0.15, 0.2) is 36.7 Å². The second-order valence-electron chi connectivity index (χ2n) is 4.24. The van der Waals surface area contributed by atoms with E-state index < -0.39 is 8.56 Å². The molecule has 0 fully saturated rings. The predicted molar refractivity (Wildman–Crippen MR) is 71.9 cm³/mol. The summed E-state index contributed by atoms with van der Waals surface area (Å²) in [6.07, 6.45) is 8.77. The van der Waals surface area contributed by atoms with E-state index in [-0.39, 0.29) is 0 Å². The van der Waals surface area contributed by atoms with Gasteiger partial charge >= 0.3 is 8.56 Å². The van der Waals surface area contributed by atoms with E-state index in [1.54, 1.807) is 6.20 Å². The summed E-state index contributed by atoms with van der Waals surface area (Å²) >= 11 is 0. The Morgan fingerprint density at radius 2 is 2.12 bits per heavy atom. The normalized spacial score (nSPS) is 12.2. The Bertz CT molecular complexity index is 339. The quantitative estimate of drug-likeness (QED) is 0.550. The highest BCUT2D eigenvalue weighted by molar-refractivity contribution is 6.64. The maximum atomic E-state index is 5.84. The zero-order chi connectivity index (χ0) is 12.6. The van der Waals surface area contributed by atoms with Gasteiger partial charge in [0.05, 0.1) is 13.2 Å². The third-order valence-electron chi connectivity index (χ3n) is 2.24. The Morgan fingerprint density at radius 1 is 1.29 bits per heavy atom. The number of pyridine rings is 1. The van der Waals surface area contributed by atoms with Crippen molar-refractivity contribution >= 4 is 8.56 Å². The third kappa shape index (κ3) is 6.36. The van der Waals surface area contributed by atoms with Gasteiger partial charge in [-0.2, -0.15) is 0 Å². The zero-order valence-corrected chi connectivity index (χ0v) is 11.8. The van der Waals surface area contributed by atoms with Crippen LogP contribution < -0.4 is 0 Å². The molecule has 0 saturated carbocycles. The van der Waals surface area contributed by atoms with Crippen molar-refractivity contribution in [3.05, 3.63) is 42.2 Å². The largest absolute Gasteiger partial charge is 0.391 e. The van der Waals surface area contributed by atoms with Crippen molar-refractivity contribution < 1.29 is 8.85 Å².